The Balaban J connectivity index is 1.60. The highest BCUT2D eigenvalue weighted by Crippen LogP contribution is 2.35. The highest BCUT2D eigenvalue weighted by Gasteiger charge is 2.32. The number of anilines is 1. The fourth-order valence-electron chi connectivity index (χ4n) is 3.72. The first kappa shape index (κ1) is 23.9. The van der Waals surface area contributed by atoms with Crippen LogP contribution in [-0.2, 0) is 6.61 Å². The molecule has 2 aromatic carbocycles. The third-order valence-corrected chi connectivity index (χ3v) is 7.04. The number of ether oxygens (including phenoxy) is 2. The van der Waals surface area contributed by atoms with Crippen LogP contribution in [-0.4, -0.2) is 54.2 Å². The van der Waals surface area contributed by atoms with Gasteiger partial charge in [-0.15, -0.1) is 0 Å². The molecule has 0 aliphatic carbocycles. The van der Waals surface area contributed by atoms with Gasteiger partial charge in [-0.05, 0) is 62.9 Å². The van der Waals surface area contributed by atoms with Crippen LogP contribution in [0.5, 0.6) is 11.6 Å². The quantitative estimate of drug-likeness (QED) is 0.490. The number of hydrogen-bond donors (Lipinski definition) is 0. The Labute approximate surface area is 205 Å². The normalized spacial score (nSPS) is 15.6. The average molecular weight is 476 g/mol. The van der Waals surface area contributed by atoms with Crippen LogP contribution in [0.15, 0.2) is 64.5 Å². The molecule has 0 spiro atoms. The predicted molar refractivity (Wildman–Crippen MR) is 134 cm³/mol. The maximum atomic E-state index is 9.07. The number of nitriles is 1. The van der Waals surface area contributed by atoms with E-state index < -0.39 is 0 Å². The Morgan fingerprint density at radius 1 is 1.15 bits per heavy atom. The minimum absolute atomic E-state index is 0.0269. The van der Waals surface area contributed by atoms with E-state index >= 15 is 0 Å². The molecule has 176 valence electrons. The van der Waals surface area contributed by atoms with Crippen molar-refractivity contribution in [3.05, 3.63) is 65.9 Å². The molecule has 7 nitrogen and oxygen atoms in total. The van der Waals surface area contributed by atoms with Gasteiger partial charge in [0, 0.05) is 30.1 Å². The van der Waals surface area contributed by atoms with E-state index in [9.17, 15) is 0 Å². The van der Waals surface area contributed by atoms with Crippen molar-refractivity contribution in [3.63, 3.8) is 0 Å². The molecular formula is C26H29N5O2S. The van der Waals surface area contributed by atoms with E-state index in [0.29, 0.717) is 24.0 Å². The summed E-state index contributed by atoms with van der Waals surface area (Å²) in [5.74, 6) is 2.00. The van der Waals surface area contributed by atoms with Crippen LogP contribution >= 0.6 is 11.8 Å². The summed E-state index contributed by atoms with van der Waals surface area (Å²) in [6.07, 6.45) is 1.83. The second kappa shape index (κ2) is 10.3. The van der Waals surface area contributed by atoms with Crippen LogP contribution in [0.3, 0.4) is 0 Å². The molecule has 1 aromatic heterocycles. The van der Waals surface area contributed by atoms with Crippen LogP contribution in [0.4, 0.5) is 5.95 Å². The number of rotatable bonds is 7. The standard InChI is InChI=1S/C26H29N5O2S/c1-26(2)18-31(13-12-30(26)3)25-28-16-23(34-22-10-8-19(15-27)9-11-22)24(29-25)33-17-20-6-5-7-21(14-20)32-4/h5-11,14,16H,12-13,17-18H2,1-4H3. The summed E-state index contributed by atoms with van der Waals surface area (Å²) >= 11 is 1.52. The third kappa shape index (κ3) is 5.61. The summed E-state index contributed by atoms with van der Waals surface area (Å²) in [5.41, 5.74) is 1.65. The monoisotopic (exact) mass is 475 g/mol. The van der Waals surface area contributed by atoms with Crippen molar-refractivity contribution < 1.29 is 9.47 Å². The van der Waals surface area contributed by atoms with Gasteiger partial charge in [-0.25, -0.2) is 4.98 Å². The second-order valence-corrected chi connectivity index (χ2v) is 9.99. The fraction of sp³-hybridized carbons (Fsp3) is 0.346. The number of nitrogens with zero attached hydrogens (tertiary/aromatic N) is 5. The minimum atomic E-state index is 0.0269. The molecule has 34 heavy (non-hydrogen) atoms. The lowest BCUT2D eigenvalue weighted by Gasteiger charge is -2.45. The van der Waals surface area contributed by atoms with E-state index in [4.69, 9.17) is 19.7 Å². The first-order chi connectivity index (χ1) is 16.4. The maximum absolute atomic E-state index is 9.07. The van der Waals surface area contributed by atoms with Crippen molar-refractivity contribution in [3.8, 4) is 17.7 Å². The van der Waals surface area contributed by atoms with Crippen molar-refractivity contribution in [1.82, 2.24) is 14.9 Å². The Kier molecular flexibility index (Phi) is 7.25. The largest absolute Gasteiger partial charge is 0.497 e. The van der Waals surface area contributed by atoms with Gasteiger partial charge >= 0.3 is 0 Å². The third-order valence-electron chi connectivity index (χ3n) is 6.03. The van der Waals surface area contributed by atoms with Gasteiger partial charge < -0.3 is 14.4 Å². The minimum Gasteiger partial charge on any atom is -0.497 e. The Hall–Kier alpha value is -3.28. The van der Waals surface area contributed by atoms with Gasteiger partial charge in [-0.2, -0.15) is 10.2 Å². The molecule has 2 heterocycles. The Morgan fingerprint density at radius 2 is 1.94 bits per heavy atom. The summed E-state index contributed by atoms with van der Waals surface area (Å²) in [4.78, 5) is 15.9. The Bertz CT molecular complexity index is 1180. The molecule has 0 atom stereocenters. The summed E-state index contributed by atoms with van der Waals surface area (Å²) in [6, 6.07) is 17.4. The molecule has 4 rings (SSSR count). The van der Waals surface area contributed by atoms with E-state index in [-0.39, 0.29) is 5.54 Å². The van der Waals surface area contributed by atoms with Crippen molar-refractivity contribution in [2.45, 2.75) is 35.8 Å². The molecule has 1 saturated heterocycles. The van der Waals surface area contributed by atoms with Gasteiger partial charge in [0.25, 0.3) is 0 Å². The number of piperazine rings is 1. The van der Waals surface area contributed by atoms with E-state index in [2.05, 4.69) is 41.7 Å². The predicted octanol–water partition coefficient (Wildman–Crippen LogP) is 4.62. The van der Waals surface area contributed by atoms with Crippen LogP contribution < -0.4 is 14.4 Å². The first-order valence-electron chi connectivity index (χ1n) is 11.1. The molecule has 0 saturated carbocycles. The molecule has 0 unspecified atom stereocenters. The highest BCUT2D eigenvalue weighted by atomic mass is 32.2. The number of aromatic nitrogens is 2. The number of likely N-dealkylation sites (N-methyl/N-ethyl adjacent to an activating group) is 1. The van der Waals surface area contributed by atoms with Gasteiger partial charge in [0.05, 0.1) is 29.8 Å². The van der Waals surface area contributed by atoms with Gasteiger partial charge in [-0.1, -0.05) is 23.9 Å². The first-order valence-corrected chi connectivity index (χ1v) is 12.0. The van der Waals surface area contributed by atoms with Crippen molar-refractivity contribution in [1.29, 1.82) is 5.26 Å². The van der Waals surface area contributed by atoms with Crippen LogP contribution in [0.2, 0.25) is 0 Å². The molecular weight excluding hydrogens is 446 g/mol. The van der Waals surface area contributed by atoms with E-state index in [1.807, 2.05) is 42.6 Å². The molecule has 0 radical (unpaired) electrons. The molecule has 0 amide bonds. The average Bonchev–Trinajstić information content (AvgIpc) is 2.85. The smallest absolute Gasteiger partial charge is 0.232 e. The topological polar surface area (TPSA) is 74.5 Å². The molecule has 8 heteroatoms. The lowest BCUT2D eigenvalue weighted by molar-refractivity contribution is 0.137. The van der Waals surface area contributed by atoms with Crippen LogP contribution in [0, 0.1) is 11.3 Å². The van der Waals surface area contributed by atoms with Crippen molar-refractivity contribution in [2.24, 2.45) is 0 Å². The van der Waals surface area contributed by atoms with Crippen molar-refractivity contribution >= 4 is 17.7 Å². The molecule has 0 N–H and O–H groups in total. The van der Waals surface area contributed by atoms with Crippen molar-refractivity contribution in [2.75, 3.05) is 38.7 Å². The second-order valence-electron chi connectivity index (χ2n) is 8.87. The lowest BCUT2D eigenvalue weighted by atomic mass is 10.0. The zero-order chi connectivity index (χ0) is 24.1. The lowest BCUT2D eigenvalue weighted by Crippen LogP contribution is -2.58. The SMILES string of the molecule is COc1cccc(COc2nc(N3CCN(C)C(C)(C)C3)ncc2Sc2ccc(C#N)cc2)c1. The summed E-state index contributed by atoms with van der Waals surface area (Å²) in [6.45, 7) is 7.46. The molecule has 3 aromatic rings. The summed E-state index contributed by atoms with van der Waals surface area (Å²) in [7, 11) is 3.80. The zero-order valence-electron chi connectivity index (χ0n) is 20.0. The summed E-state index contributed by atoms with van der Waals surface area (Å²) in [5, 5.41) is 9.07. The fourth-order valence-corrected chi connectivity index (χ4v) is 4.54. The number of hydrogen-bond acceptors (Lipinski definition) is 8. The van der Waals surface area contributed by atoms with E-state index in [1.54, 1.807) is 19.2 Å². The molecule has 1 fully saturated rings. The summed E-state index contributed by atoms with van der Waals surface area (Å²) < 4.78 is 11.6. The van der Waals surface area contributed by atoms with Gasteiger partial charge in [0.15, 0.2) is 0 Å². The van der Waals surface area contributed by atoms with Crippen LogP contribution in [0.1, 0.15) is 25.0 Å². The van der Waals surface area contributed by atoms with Gasteiger partial charge in [-0.3, -0.25) is 4.90 Å². The van der Waals surface area contributed by atoms with Crippen LogP contribution in [0.25, 0.3) is 0 Å². The van der Waals surface area contributed by atoms with E-state index in [0.717, 1.165) is 40.7 Å². The van der Waals surface area contributed by atoms with Gasteiger partial charge in [0.2, 0.25) is 11.8 Å². The number of benzene rings is 2. The molecule has 1 aliphatic rings. The highest BCUT2D eigenvalue weighted by molar-refractivity contribution is 7.99. The molecule has 0 bridgehead atoms. The molecule has 1 aliphatic heterocycles. The zero-order valence-corrected chi connectivity index (χ0v) is 20.8. The van der Waals surface area contributed by atoms with Gasteiger partial charge in [0.1, 0.15) is 12.4 Å². The maximum Gasteiger partial charge on any atom is 0.232 e. The number of methoxy groups -OCH3 is 1. The Morgan fingerprint density at radius 3 is 2.65 bits per heavy atom. The van der Waals surface area contributed by atoms with E-state index in [1.165, 1.54) is 11.8 Å².